The van der Waals surface area contributed by atoms with Crippen molar-refractivity contribution in [3.8, 4) is 0 Å². The highest BCUT2D eigenvalue weighted by molar-refractivity contribution is 4.90. The largest absolute Gasteiger partial charge is 0.384 e. The van der Waals surface area contributed by atoms with Gasteiger partial charge in [0.2, 0.25) is 6.43 Å². The summed E-state index contributed by atoms with van der Waals surface area (Å²) >= 11 is 0. The fourth-order valence-electron chi connectivity index (χ4n) is 2.43. The summed E-state index contributed by atoms with van der Waals surface area (Å²) in [5.74, 6) is -0.529. The Hall–Kier alpha value is -0.220. The minimum absolute atomic E-state index is 0.407. The molecular weight excluding hydrogens is 188 g/mol. The third-order valence-electron chi connectivity index (χ3n) is 3.13. The minimum Gasteiger partial charge on any atom is -0.384 e. The van der Waals surface area contributed by atoms with Gasteiger partial charge in [0.15, 0.2) is 0 Å². The first-order valence-corrected chi connectivity index (χ1v) is 4.95. The number of methoxy groups -OCH3 is 1. The Balaban J connectivity index is 2.72. The molecule has 0 N–H and O–H groups in total. The van der Waals surface area contributed by atoms with Crippen LogP contribution in [0.4, 0.5) is 8.78 Å². The lowest BCUT2D eigenvalue weighted by Gasteiger charge is -2.44. The van der Waals surface area contributed by atoms with Crippen LogP contribution in [0.5, 0.6) is 0 Å². The van der Waals surface area contributed by atoms with Crippen molar-refractivity contribution < 1.29 is 13.5 Å². The van der Waals surface area contributed by atoms with E-state index in [4.69, 9.17) is 4.74 Å². The zero-order valence-electron chi connectivity index (χ0n) is 9.09. The second-order valence-corrected chi connectivity index (χ2v) is 4.55. The lowest BCUT2D eigenvalue weighted by atomic mass is 9.73. The van der Waals surface area contributed by atoms with Crippen molar-refractivity contribution in [3.63, 3.8) is 0 Å². The zero-order chi connectivity index (χ0) is 10.8. The van der Waals surface area contributed by atoms with Crippen molar-refractivity contribution in [2.24, 2.45) is 11.3 Å². The molecule has 0 radical (unpaired) electrons. The molecule has 2 nitrogen and oxygen atoms in total. The monoisotopic (exact) mass is 207 g/mol. The molecule has 0 amide bonds. The van der Waals surface area contributed by atoms with E-state index >= 15 is 0 Å². The molecule has 0 aromatic heterocycles. The lowest BCUT2D eigenvalue weighted by molar-refractivity contribution is -0.0793. The Labute approximate surface area is 84.2 Å². The molecule has 4 heteroatoms. The van der Waals surface area contributed by atoms with E-state index in [9.17, 15) is 8.78 Å². The molecule has 14 heavy (non-hydrogen) atoms. The maximum absolute atomic E-state index is 12.8. The number of ether oxygens (including phenoxy) is 1. The van der Waals surface area contributed by atoms with Gasteiger partial charge in [0.25, 0.3) is 0 Å². The molecule has 0 aliphatic carbocycles. The topological polar surface area (TPSA) is 12.5 Å². The molecule has 2 atom stereocenters. The van der Waals surface area contributed by atoms with Crippen LogP contribution in [-0.2, 0) is 4.74 Å². The summed E-state index contributed by atoms with van der Waals surface area (Å²) < 4.78 is 30.6. The summed E-state index contributed by atoms with van der Waals surface area (Å²) in [5.41, 5.74) is -0.407. The molecule has 1 aliphatic rings. The predicted octanol–water partition coefficient (Wildman–Crippen LogP) is 1.86. The van der Waals surface area contributed by atoms with E-state index in [1.165, 1.54) is 0 Å². The quantitative estimate of drug-likeness (QED) is 0.700. The van der Waals surface area contributed by atoms with E-state index in [0.717, 1.165) is 6.54 Å². The molecule has 1 rings (SSSR count). The molecule has 0 aromatic carbocycles. The van der Waals surface area contributed by atoms with Crippen molar-refractivity contribution >= 4 is 0 Å². The molecule has 0 spiro atoms. The lowest BCUT2D eigenvalue weighted by Crippen LogP contribution is -2.50. The fraction of sp³-hybridized carbons (Fsp3) is 1.00. The average molecular weight is 207 g/mol. The van der Waals surface area contributed by atoms with Gasteiger partial charge in [0, 0.05) is 25.0 Å². The average Bonchev–Trinajstić information content (AvgIpc) is 2.02. The summed E-state index contributed by atoms with van der Waals surface area (Å²) in [6, 6.07) is 0. The van der Waals surface area contributed by atoms with Gasteiger partial charge < -0.3 is 9.64 Å². The van der Waals surface area contributed by atoms with E-state index in [1.807, 2.05) is 14.0 Å². The van der Waals surface area contributed by atoms with Gasteiger partial charge in [-0.05, 0) is 20.0 Å². The third kappa shape index (κ3) is 2.42. The van der Waals surface area contributed by atoms with Crippen molar-refractivity contribution in [1.82, 2.24) is 4.90 Å². The van der Waals surface area contributed by atoms with E-state index in [-0.39, 0.29) is 0 Å². The number of hydrogen-bond donors (Lipinski definition) is 0. The molecular formula is C10H19F2NO. The van der Waals surface area contributed by atoms with Crippen LogP contribution in [-0.4, -0.2) is 45.2 Å². The Morgan fingerprint density at radius 1 is 1.57 bits per heavy atom. The van der Waals surface area contributed by atoms with Gasteiger partial charge in [-0.15, -0.1) is 0 Å². The Morgan fingerprint density at radius 3 is 2.71 bits per heavy atom. The number of nitrogens with zero attached hydrogens (tertiary/aromatic N) is 1. The van der Waals surface area contributed by atoms with Gasteiger partial charge in [-0.3, -0.25) is 0 Å². The summed E-state index contributed by atoms with van der Waals surface area (Å²) in [6.07, 6.45) is -1.67. The van der Waals surface area contributed by atoms with Crippen molar-refractivity contribution in [2.45, 2.75) is 19.8 Å². The summed E-state index contributed by atoms with van der Waals surface area (Å²) in [5, 5.41) is 0. The molecule has 84 valence electrons. The van der Waals surface area contributed by atoms with Crippen molar-refractivity contribution in [2.75, 3.05) is 33.9 Å². The zero-order valence-corrected chi connectivity index (χ0v) is 9.09. The second-order valence-electron chi connectivity index (χ2n) is 4.55. The van der Waals surface area contributed by atoms with E-state index in [1.54, 1.807) is 7.11 Å². The predicted molar refractivity (Wildman–Crippen MR) is 51.6 cm³/mol. The first kappa shape index (κ1) is 11.9. The van der Waals surface area contributed by atoms with Crippen LogP contribution in [0.1, 0.15) is 13.3 Å². The Kier molecular flexibility index (Phi) is 3.84. The SMILES string of the molecule is COC[C@]1(C)CN(C)CC[C@@H]1C(F)F. The van der Waals surface area contributed by atoms with Crippen LogP contribution < -0.4 is 0 Å². The Bertz CT molecular complexity index is 189. The first-order valence-electron chi connectivity index (χ1n) is 4.95. The number of rotatable bonds is 3. The van der Waals surface area contributed by atoms with Crippen LogP contribution in [0.2, 0.25) is 0 Å². The number of piperidine rings is 1. The summed E-state index contributed by atoms with van der Waals surface area (Å²) in [4.78, 5) is 2.10. The van der Waals surface area contributed by atoms with Gasteiger partial charge in [-0.2, -0.15) is 0 Å². The molecule has 1 heterocycles. The van der Waals surface area contributed by atoms with Crippen LogP contribution >= 0.6 is 0 Å². The third-order valence-corrected chi connectivity index (χ3v) is 3.13. The van der Waals surface area contributed by atoms with Crippen LogP contribution in [0.3, 0.4) is 0 Å². The van der Waals surface area contributed by atoms with E-state index < -0.39 is 17.8 Å². The molecule has 0 unspecified atom stereocenters. The number of hydrogen-bond acceptors (Lipinski definition) is 2. The highest BCUT2D eigenvalue weighted by Crippen LogP contribution is 2.38. The van der Waals surface area contributed by atoms with Gasteiger partial charge in [-0.25, -0.2) is 8.78 Å². The maximum Gasteiger partial charge on any atom is 0.242 e. The van der Waals surface area contributed by atoms with Crippen molar-refractivity contribution in [3.05, 3.63) is 0 Å². The molecule has 0 aromatic rings. The smallest absolute Gasteiger partial charge is 0.242 e. The first-order chi connectivity index (χ1) is 6.49. The molecule has 1 saturated heterocycles. The number of likely N-dealkylation sites (tertiary alicyclic amines) is 1. The Morgan fingerprint density at radius 2 is 2.21 bits per heavy atom. The van der Waals surface area contributed by atoms with E-state index in [2.05, 4.69) is 4.90 Å². The fourth-order valence-corrected chi connectivity index (χ4v) is 2.43. The van der Waals surface area contributed by atoms with Crippen LogP contribution in [0.15, 0.2) is 0 Å². The molecule has 0 bridgehead atoms. The summed E-state index contributed by atoms with van der Waals surface area (Å²) in [7, 11) is 3.54. The van der Waals surface area contributed by atoms with Crippen molar-refractivity contribution in [1.29, 1.82) is 0 Å². The normalized spacial score (nSPS) is 35.1. The molecule has 1 fully saturated rings. The number of alkyl halides is 2. The van der Waals surface area contributed by atoms with Gasteiger partial charge in [0.1, 0.15) is 0 Å². The second kappa shape index (κ2) is 4.53. The van der Waals surface area contributed by atoms with Gasteiger partial charge in [0.05, 0.1) is 6.61 Å². The van der Waals surface area contributed by atoms with Crippen LogP contribution in [0, 0.1) is 11.3 Å². The van der Waals surface area contributed by atoms with Gasteiger partial charge in [-0.1, -0.05) is 6.92 Å². The van der Waals surface area contributed by atoms with E-state index in [0.29, 0.717) is 19.6 Å². The minimum atomic E-state index is -2.23. The molecule has 0 saturated carbocycles. The van der Waals surface area contributed by atoms with Crippen LogP contribution in [0.25, 0.3) is 0 Å². The standard InChI is InChI=1S/C10H19F2NO/c1-10(7-14-3)6-13(2)5-4-8(10)9(11)12/h8-9H,4-7H2,1-3H3/t8-,10+/m1/s1. The summed E-state index contributed by atoms with van der Waals surface area (Å²) in [6.45, 7) is 3.75. The number of halogens is 2. The molecule has 1 aliphatic heterocycles. The highest BCUT2D eigenvalue weighted by Gasteiger charge is 2.43. The maximum atomic E-state index is 12.8. The van der Waals surface area contributed by atoms with Gasteiger partial charge >= 0.3 is 0 Å². The highest BCUT2D eigenvalue weighted by atomic mass is 19.3.